The number of aromatic nitrogens is 2. The largest absolute Gasteiger partial charge is 0.343 e. The van der Waals surface area contributed by atoms with E-state index in [0.29, 0.717) is 17.7 Å². The molecule has 1 aliphatic carbocycles. The molecule has 0 saturated carbocycles. The van der Waals surface area contributed by atoms with Gasteiger partial charge in [-0.15, -0.1) is 0 Å². The lowest BCUT2D eigenvalue weighted by Crippen LogP contribution is -2.38. The van der Waals surface area contributed by atoms with Crippen LogP contribution >= 0.6 is 0 Å². The Balaban J connectivity index is 2.29. The molecule has 0 fully saturated rings. The molecule has 5 heteroatoms. The van der Waals surface area contributed by atoms with Gasteiger partial charge in [0.25, 0.3) is 5.91 Å². The van der Waals surface area contributed by atoms with Crippen molar-refractivity contribution in [2.75, 3.05) is 27.7 Å². The first-order valence-electron chi connectivity index (χ1n) is 9.35. The van der Waals surface area contributed by atoms with Crippen molar-refractivity contribution >= 4 is 5.91 Å². The summed E-state index contributed by atoms with van der Waals surface area (Å²) in [6, 6.07) is 0.523. The number of hydrogen-bond acceptors (Lipinski definition) is 3. The van der Waals surface area contributed by atoms with E-state index in [1.165, 1.54) is 24.1 Å². The quantitative estimate of drug-likeness (QED) is 0.770. The topological polar surface area (TPSA) is 41.4 Å². The van der Waals surface area contributed by atoms with Crippen LogP contribution in [0.3, 0.4) is 0 Å². The molecule has 0 saturated heterocycles. The van der Waals surface area contributed by atoms with Crippen molar-refractivity contribution in [2.24, 2.45) is 5.92 Å². The van der Waals surface area contributed by atoms with Crippen molar-refractivity contribution in [1.82, 2.24) is 19.6 Å². The zero-order chi connectivity index (χ0) is 17.9. The normalized spacial score (nSPS) is 17.4. The first-order chi connectivity index (χ1) is 11.3. The van der Waals surface area contributed by atoms with Crippen LogP contribution in [0.4, 0.5) is 0 Å². The zero-order valence-electron chi connectivity index (χ0n) is 16.3. The Labute approximate surface area is 147 Å². The Kier molecular flexibility index (Phi) is 6.44. The van der Waals surface area contributed by atoms with E-state index in [2.05, 4.69) is 37.4 Å². The Morgan fingerprint density at radius 3 is 2.62 bits per heavy atom. The second-order valence-electron chi connectivity index (χ2n) is 7.78. The van der Waals surface area contributed by atoms with Crippen molar-refractivity contribution in [2.45, 2.75) is 65.5 Å². The number of carbonyl (C=O) groups excluding carboxylic acids is 1. The molecule has 0 aliphatic heterocycles. The summed E-state index contributed by atoms with van der Waals surface area (Å²) in [7, 11) is 5.84. The molecule has 1 aromatic rings. The van der Waals surface area contributed by atoms with Crippen molar-refractivity contribution < 1.29 is 4.79 Å². The minimum absolute atomic E-state index is 0.0330. The number of nitrogens with zero attached hydrogens (tertiary/aromatic N) is 4. The smallest absolute Gasteiger partial charge is 0.274 e. The fourth-order valence-electron chi connectivity index (χ4n) is 3.52. The number of carbonyl (C=O) groups is 1. The Hall–Kier alpha value is -1.36. The first kappa shape index (κ1) is 19.0. The second-order valence-corrected chi connectivity index (χ2v) is 7.78. The van der Waals surface area contributed by atoms with Gasteiger partial charge in [-0.3, -0.25) is 9.48 Å². The van der Waals surface area contributed by atoms with Crippen LogP contribution in [0.25, 0.3) is 0 Å². The van der Waals surface area contributed by atoms with E-state index in [0.717, 1.165) is 32.4 Å². The predicted molar refractivity (Wildman–Crippen MR) is 98.4 cm³/mol. The maximum absolute atomic E-state index is 12.6. The molecule has 1 unspecified atom stereocenters. The molecule has 1 aliphatic rings. The van der Waals surface area contributed by atoms with E-state index in [1.54, 1.807) is 4.90 Å². The average Bonchev–Trinajstić information content (AvgIpc) is 2.88. The van der Waals surface area contributed by atoms with Gasteiger partial charge in [0, 0.05) is 37.9 Å². The highest BCUT2D eigenvalue weighted by Gasteiger charge is 2.31. The molecule has 1 amide bonds. The monoisotopic (exact) mass is 334 g/mol. The third kappa shape index (κ3) is 4.18. The molecule has 1 heterocycles. The van der Waals surface area contributed by atoms with Crippen LogP contribution in [-0.4, -0.2) is 59.2 Å². The molecule has 0 N–H and O–H groups in total. The lowest BCUT2D eigenvalue weighted by atomic mass is 9.90. The molecule has 5 nitrogen and oxygen atoms in total. The summed E-state index contributed by atoms with van der Waals surface area (Å²) >= 11 is 0. The molecular formula is C19H34N4O. The zero-order valence-corrected chi connectivity index (χ0v) is 16.3. The van der Waals surface area contributed by atoms with Gasteiger partial charge in [0.05, 0.1) is 0 Å². The van der Waals surface area contributed by atoms with Gasteiger partial charge in [0.15, 0.2) is 5.69 Å². The van der Waals surface area contributed by atoms with E-state index >= 15 is 0 Å². The van der Waals surface area contributed by atoms with E-state index in [1.807, 2.05) is 14.1 Å². The minimum Gasteiger partial charge on any atom is -0.343 e. The van der Waals surface area contributed by atoms with E-state index in [9.17, 15) is 4.79 Å². The van der Waals surface area contributed by atoms with Crippen molar-refractivity contribution in [3.05, 3.63) is 17.0 Å². The summed E-state index contributed by atoms with van der Waals surface area (Å²) in [4.78, 5) is 16.7. The fourth-order valence-corrected chi connectivity index (χ4v) is 3.52. The molecule has 0 bridgehead atoms. The maximum atomic E-state index is 12.6. The molecule has 1 aromatic heterocycles. The van der Waals surface area contributed by atoms with Crippen LogP contribution in [0, 0.1) is 5.92 Å². The molecule has 136 valence electrons. The maximum Gasteiger partial charge on any atom is 0.274 e. The second kappa shape index (κ2) is 8.15. The van der Waals surface area contributed by atoms with Gasteiger partial charge >= 0.3 is 0 Å². The summed E-state index contributed by atoms with van der Waals surface area (Å²) in [6.07, 6.45) is 5.58. The lowest BCUT2D eigenvalue weighted by molar-refractivity contribution is 0.0819. The Morgan fingerprint density at radius 1 is 1.33 bits per heavy atom. The molecule has 0 radical (unpaired) electrons. The van der Waals surface area contributed by atoms with Gasteiger partial charge in [-0.1, -0.05) is 27.2 Å². The molecule has 24 heavy (non-hydrogen) atoms. The van der Waals surface area contributed by atoms with Crippen LogP contribution in [0.1, 0.15) is 61.8 Å². The van der Waals surface area contributed by atoms with Crippen LogP contribution in [0.5, 0.6) is 0 Å². The summed E-state index contributed by atoms with van der Waals surface area (Å²) in [5.74, 6) is 0.562. The summed E-state index contributed by atoms with van der Waals surface area (Å²) in [5.41, 5.74) is 3.15. The van der Waals surface area contributed by atoms with Crippen LogP contribution in [0.15, 0.2) is 0 Å². The summed E-state index contributed by atoms with van der Waals surface area (Å²) in [6.45, 7) is 8.65. The highest BCUT2D eigenvalue weighted by molar-refractivity contribution is 5.93. The van der Waals surface area contributed by atoms with Crippen molar-refractivity contribution in [3.63, 3.8) is 0 Å². The van der Waals surface area contributed by atoms with Gasteiger partial charge in [0.2, 0.25) is 0 Å². The highest BCUT2D eigenvalue weighted by atomic mass is 16.2. The number of unbranched alkanes of at least 4 members (excludes halogenated alkanes) is 1. The van der Waals surface area contributed by atoms with Crippen LogP contribution < -0.4 is 0 Å². The number of hydrogen-bond donors (Lipinski definition) is 0. The van der Waals surface area contributed by atoms with Crippen LogP contribution in [-0.2, 0) is 19.4 Å². The van der Waals surface area contributed by atoms with Gasteiger partial charge < -0.3 is 9.80 Å². The van der Waals surface area contributed by atoms with E-state index in [4.69, 9.17) is 5.10 Å². The van der Waals surface area contributed by atoms with E-state index in [-0.39, 0.29) is 5.91 Å². The Morgan fingerprint density at radius 2 is 2.04 bits per heavy atom. The van der Waals surface area contributed by atoms with Gasteiger partial charge in [-0.05, 0) is 45.2 Å². The van der Waals surface area contributed by atoms with Gasteiger partial charge in [-0.2, -0.15) is 5.10 Å². The molecule has 0 spiro atoms. The number of fused-ring (bicyclic) bond motifs is 1. The van der Waals surface area contributed by atoms with Crippen LogP contribution in [0.2, 0.25) is 0 Å². The number of likely N-dealkylation sites (N-methyl/N-ethyl adjacent to an activating group) is 1. The molecule has 1 atom stereocenters. The Bertz CT molecular complexity index is 562. The summed E-state index contributed by atoms with van der Waals surface area (Å²) < 4.78 is 2.10. The minimum atomic E-state index is 0.0330. The third-order valence-electron chi connectivity index (χ3n) is 4.96. The standard InChI is InChI=1S/C19H34N4O/c1-7-8-11-22(6)15-9-10-17-16(12-15)18(19(24)21(4)5)20-23(17)13-14(2)3/h14-15H,7-13H2,1-6H3. The SMILES string of the molecule is CCCCN(C)C1CCc2c(c(C(=O)N(C)C)nn2CC(C)C)C1. The average molecular weight is 335 g/mol. The molecular weight excluding hydrogens is 300 g/mol. The van der Waals surface area contributed by atoms with Crippen molar-refractivity contribution in [3.8, 4) is 0 Å². The highest BCUT2D eigenvalue weighted by Crippen LogP contribution is 2.28. The predicted octanol–water partition coefficient (Wildman–Crippen LogP) is 2.83. The summed E-state index contributed by atoms with van der Waals surface area (Å²) in [5, 5.41) is 4.72. The number of amides is 1. The first-order valence-corrected chi connectivity index (χ1v) is 9.35. The number of rotatable bonds is 7. The van der Waals surface area contributed by atoms with Gasteiger partial charge in [0.1, 0.15) is 0 Å². The van der Waals surface area contributed by atoms with E-state index < -0.39 is 0 Å². The molecule has 0 aromatic carbocycles. The molecule has 2 rings (SSSR count). The fraction of sp³-hybridized carbons (Fsp3) is 0.789. The third-order valence-corrected chi connectivity index (χ3v) is 4.96. The van der Waals surface area contributed by atoms with Crippen molar-refractivity contribution in [1.29, 1.82) is 0 Å². The van der Waals surface area contributed by atoms with Gasteiger partial charge in [-0.25, -0.2) is 0 Å². The lowest BCUT2D eigenvalue weighted by Gasteiger charge is -2.32.